The van der Waals surface area contributed by atoms with E-state index in [0.717, 1.165) is 0 Å². The van der Waals surface area contributed by atoms with E-state index in [4.69, 9.17) is 4.74 Å². The van der Waals surface area contributed by atoms with E-state index in [1.807, 2.05) is 26.8 Å². The molecule has 1 aromatic carbocycles. The lowest BCUT2D eigenvalue weighted by Gasteiger charge is -2.22. The van der Waals surface area contributed by atoms with Crippen molar-refractivity contribution in [2.75, 3.05) is 0 Å². The zero-order chi connectivity index (χ0) is 13.3. The van der Waals surface area contributed by atoms with Crippen LogP contribution in [0.15, 0.2) is 35.2 Å². The van der Waals surface area contributed by atoms with Crippen molar-refractivity contribution in [1.82, 2.24) is 0 Å². The summed E-state index contributed by atoms with van der Waals surface area (Å²) in [6, 6.07) is 8.67. The van der Waals surface area contributed by atoms with Crippen LogP contribution in [0.1, 0.15) is 27.2 Å². The molecular weight excluding hydrogens is 248 g/mol. The molecule has 1 heterocycles. The maximum atomic E-state index is 12.6. The van der Waals surface area contributed by atoms with Gasteiger partial charge in [-0.25, -0.2) is 8.42 Å². The summed E-state index contributed by atoms with van der Waals surface area (Å²) in [5.74, 6) is 0.207. The van der Waals surface area contributed by atoms with Crippen LogP contribution < -0.4 is 0 Å². The van der Waals surface area contributed by atoms with Crippen molar-refractivity contribution in [3.05, 3.63) is 30.3 Å². The fraction of sp³-hybridized carbons (Fsp3) is 0.571. The third kappa shape index (κ3) is 2.45. The van der Waals surface area contributed by atoms with Crippen molar-refractivity contribution in [3.63, 3.8) is 0 Å². The Morgan fingerprint density at radius 1 is 1.22 bits per heavy atom. The minimum atomic E-state index is -3.29. The standard InChI is InChI=1S/C14H20O3S/c1-10(2)14-13(9-11(3)17-14)18(15,16)12-7-5-4-6-8-12/h4-8,10-11,13-14H,9H2,1-3H3/t11-,13-,14+/m0/s1. The summed E-state index contributed by atoms with van der Waals surface area (Å²) < 4.78 is 31.0. The molecule has 2 rings (SSSR count). The molecule has 1 aromatic rings. The molecular formula is C14H20O3S. The Labute approximate surface area is 109 Å². The summed E-state index contributed by atoms with van der Waals surface area (Å²) in [5.41, 5.74) is 0. The van der Waals surface area contributed by atoms with Gasteiger partial charge in [0.25, 0.3) is 0 Å². The van der Waals surface area contributed by atoms with Gasteiger partial charge in [0.2, 0.25) is 0 Å². The Balaban J connectivity index is 2.35. The van der Waals surface area contributed by atoms with Crippen LogP contribution in [0.2, 0.25) is 0 Å². The summed E-state index contributed by atoms with van der Waals surface area (Å²) in [6.45, 7) is 5.96. The second kappa shape index (κ2) is 5.02. The minimum Gasteiger partial charge on any atom is -0.374 e. The topological polar surface area (TPSA) is 43.4 Å². The number of rotatable bonds is 3. The van der Waals surface area contributed by atoms with Crippen molar-refractivity contribution < 1.29 is 13.2 Å². The summed E-state index contributed by atoms with van der Waals surface area (Å²) in [7, 11) is -3.29. The monoisotopic (exact) mass is 268 g/mol. The third-order valence-electron chi connectivity index (χ3n) is 3.45. The molecule has 1 saturated heterocycles. The van der Waals surface area contributed by atoms with E-state index >= 15 is 0 Å². The summed E-state index contributed by atoms with van der Waals surface area (Å²) in [4.78, 5) is 0.401. The molecule has 4 heteroatoms. The molecule has 0 N–H and O–H groups in total. The first-order valence-corrected chi connectivity index (χ1v) is 7.92. The summed E-state index contributed by atoms with van der Waals surface area (Å²) >= 11 is 0. The van der Waals surface area contributed by atoms with E-state index in [0.29, 0.717) is 11.3 Å². The van der Waals surface area contributed by atoms with Gasteiger partial charge in [-0.1, -0.05) is 32.0 Å². The lowest BCUT2D eigenvalue weighted by molar-refractivity contribution is 0.0297. The number of benzene rings is 1. The van der Waals surface area contributed by atoms with Gasteiger partial charge < -0.3 is 4.74 Å². The maximum absolute atomic E-state index is 12.6. The molecule has 0 saturated carbocycles. The molecule has 1 aliphatic rings. The Morgan fingerprint density at radius 2 is 1.83 bits per heavy atom. The van der Waals surface area contributed by atoms with Gasteiger partial charge in [0.1, 0.15) is 0 Å². The summed E-state index contributed by atoms with van der Waals surface area (Å²) in [5, 5.41) is -0.421. The normalized spacial score (nSPS) is 28.8. The van der Waals surface area contributed by atoms with Gasteiger partial charge in [-0.3, -0.25) is 0 Å². The minimum absolute atomic E-state index is 0.0147. The zero-order valence-electron chi connectivity index (χ0n) is 11.0. The van der Waals surface area contributed by atoms with Crippen LogP contribution in [-0.4, -0.2) is 25.9 Å². The highest BCUT2D eigenvalue weighted by molar-refractivity contribution is 7.92. The number of hydrogen-bond donors (Lipinski definition) is 0. The van der Waals surface area contributed by atoms with Crippen LogP contribution in [0.4, 0.5) is 0 Å². The first kappa shape index (κ1) is 13.6. The molecule has 1 aliphatic heterocycles. The van der Waals surface area contributed by atoms with Crippen LogP contribution in [0.5, 0.6) is 0 Å². The highest BCUT2D eigenvalue weighted by Gasteiger charge is 2.43. The molecule has 0 aliphatic carbocycles. The van der Waals surface area contributed by atoms with E-state index in [9.17, 15) is 8.42 Å². The van der Waals surface area contributed by atoms with Gasteiger partial charge in [0.05, 0.1) is 22.4 Å². The molecule has 0 spiro atoms. The first-order chi connectivity index (χ1) is 8.43. The largest absolute Gasteiger partial charge is 0.374 e. The molecule has 3 nitrogen and oxygen atoms in total. The van der Waals surface area contributed by atoms with Crippen molar-refractivity contribution >= 4 is 9.84 Å². The first-order valence-electron chi connectivity index (χ1n) is 6.37. The van der Waals surface area contributed by atoms with Crippen molar-refractivity contribution in [2.24, 2.45) is 5.92 Å². The average molecular weight is 268 g/mol. The second-order valence-electron chi connectivity index (χ2n) is 5.29. The van der Waals surface area contributed by atoms with Gasteiger partial charge in [0.15, 0.2) is 9.84 Å². The molecule has 18 heavy (non-hydrogen) atoms. The predicted molar refractivity (Wildman–Crippen MR) is 71.2 cm³/mol. The lowest BCUT2D eigenvalue weighted by Crippen LogP contribution is -2.34. The molecule has 1 fully saturated rings. The van der Waals surface area contributed by atoms with Gasteiger partial charge in [-0.2, -0.15) is 0 Å². The van der Waals surface area contributed by atoms with Gasteiger partial charge in [0, 0.05) is 0 Å². The molecule has 0 amide bonds. The zero-order valence-corrected chi connectivity index (χ0v) is 11.9. The number of sulfone groups is 1. The smallest absolute Gasteiger partial charge is 0.183 e. The molecule has 3 atom stereocenters. The van der Waals surface area contributed by atoms with Gasteiger partial charge in [-0.05, 0) is 31.4 Å². The third-order valence-corrected chi connectivity index (χ3v) is 5.63. The van der Waals surface area contributed by atoms with Crippen molar-refractivity contribution in [2.45, 2.75) is 49.5 Å². The van der Waals surface area contributed by atoms with Crippen LogP contribution in [0, 0.1) is 5.92 Å². The van der Waals surface area contributed by atoms with E-state index in [1.165, 1.54) is 0 Å². The van der Waals surface area contributed by atoms with Crippen LogP contribution >= 0.6 is 0 Å². The fourth-order valence-corrected chi connectivity index (χ4v) is 4.69. The van der Waals surface area contributed by atoms with Crippen LogP contribution in [-0.2, 0) is 14.6 Å². The molecule has 100 valence electrons. The van der Waals surface area contributed by atoms with E-state index in [-0.39, 0.29) is 18.1 Å². The van der Waals surface area contributed by atoms with E-state index in [1.54, 1.807) is 24.3 Å². The average Bonchev–Trinajstić information content (AvgIpc) is 2.73. The van der Waals surface area contributed by atoms with Gasteiger partial charge >= 0.3 is 0 Å². The van der Waals surface area contributed by atoms with E-state index in [2.05, 4.69) is 0 Å². The Bertz CT molecular complexity index is 493. The molecule has 0 bridgehead atoms. The highest BCUT2D eigenvalue weighted by Crippen LogP contribution is 2.33. The van der Waals surface area contributed by atoms with Crippen molar-refractivity contribution in [3.8, 4) is 0 Å². The highest BCUT2D eigenvalue weighted by atomic mass is 32.2. The number of hydrogen-bond acceptors (Lipinski definition) is 3. The Kier molecular flexibility index (Phi) is 3.78. The number of ether oxygens (including phenoxy) is 1. The quantitative estimate of drug-likeness (QED) is 0.846. The Hall–Kier alpha value is -0.870. The second-order valence-corrected chi connectivity index (χ2v) is 7.45. The van der Waals surface area contributed by atoms with E-state index < -0.39 is 15.1 Å². The predicted octanol–water partition coefficient (Wildman–Crippen LogP) is 2.66. The fourth-order valence-electron chi connectivity index (χ4n) is 2.55. The summed E-state index contributed by atoms with van der Waals surface area (Å²) in [6.07, 6.45) is 0.395. The molecule has 0 radical (unpaired) electrons. The Morgan fingerprint density at radius 3 is 2.39 bits per heavy atom. The SMILES string of the molecule is CC(C)[C@H]1O[C@@H](C)C[C@@H]1S(=O)(=O)c1ccccc1. The van der Waals surface area contributed by atoms with Crippen LogP contribution in [0.25, 0.3) is 0 Å². The lowest BCUT2D eigenvalue weighted by atomic mass is 10.0. The van der Waals surface area contributed by atoms with Crippen molar-refractivity contribution in [1.29, 1.82) is 0 Å². The molecule has 0 unspecified atom stereocenters. The maximum Gasteiger partial charge on any atom is 0.183 e. The van der Waals surface area contributed by atoms with Crippen LogP contribution in [0.3, 0.4) is 0 Å². The molecule has 0 aromatic heterocycles. The van der Waals surface area contributed by atoms with Gasteiger partial charge in [-0.15, -0.1) is 0 Å².